The van der Waals surface area contributed by atoms with E-state index in [1.165, 1.54) is 6.07 Å². The summed E-state index contributed by atoms with van der Waals surface area (Å²) in [7, 11) is 0. The van der Waals surface area contributed by atoms with Crippen molar-refractivity contribution >= 4 is 46.3 Å². The average molecular weight is 384 g/mol. The van der Waals surface area contributed by atoms with Crippen LogP contribution >= 0.6 is 23.2 Å². The standard InChI is InChI=1S/C18H11Cl2N5O/c19-12-4-5-15(14(20)9-12)23-17-7-6-16(24-25-17)18(26)22-13-3-1-2-11(8-13)10-21/h1-9H,(H,22,26)(H,23,25). The van der Waals surface area contributed by atoms with Crippen molar-refractivity contribution < 1.29 is 4.79 Å². The van der Waals surface area contributed by atoms with Crippen molar-refractivity contribution in [3.05, 3.63) is 75.9 Å². The van der Waals surface area contributed by atoms with Gasteiger partial charge in [-0.3, -0.25) is 4.79 Å². The van der Waals surface area contributed by atoms with Crippen molar-refractivity contribution in [2.75, 3.05) is 10.6 Å². The van der Waals surface area contributed by atoms with Gasteiger partial charge in [-0.1, -0.05) is 29.3 Å². The van der Waals surface area contributed by atoms with Gasteiger partial charge in [0.2, 0.25) is 0 Å². The van der Waals surface area contributed by atoms with E-state index >= 15 is 0 Å². The maximum atomic E-state index is 12.2. The highest BCUT2D eigenvalue weighted by molar-refractivity contribution is 6.36. The van der Waals surface area contributed by atoms with Crippen molar-refractivity contribution in [3.63, 3.8) is 0 Å². The number of nitrogens with one attached hydrogen (secondary N) is 2. The number of nitrogens with zero attached hydrogens (tertiary/aromatic N) is 3. The number of anilines is 3. The number of hydrogen-bond donors (Lipinski definition) is 2. The first-order valence-corrected chi connectivity index (χ1v) is 8.18. The molecule has 0 aliphatic heterocycles. The third-order valence-corrected chi connectivity index (χ3v) is 3.89. The molecule has 2 N–H and O–H groups in total. The van der Waals surface area contributed by atoms with Gasteiger partial charge in [-0.05, 0) is 48.5 Å². The lowest BCUT2D eigenvalue weighted by atomic mass is 10.2. The highest BCUT2D eigenvalue weighted by atomic mass is 35.5. The molecule has 3 aromatic rings. The van der Waals surface area contributed by atoms with Crippen LogP contribution in [-0.4, -0.2) is 16.1 Å². The Kier molecular flexibility index (Phi) is 5.32. The number of nitriles is 1. The summed E-state index contributed by atoms with van der Waals surface area (Å²) in [6, 6.07) is 16.8. The van der Waals surface area contributed by atoms with E-state index in [0.717, 1.165) is 0 Å². The molecule has 26 heavy (non-hydrogen) atoms. The Morgan fingerprint density at radius 2 is 1.88 bits per heavy atom. The summed E-state index contributed by atoms with van der Waals surface area (Å²) in [4.78, 5) is 12.2. The first-order valence-electron chi connectivity index (χ1n) is 7.42. The van der Waals surface area contributed by atoms with Gasteiger partial charge in [0.15, 0.2) is 11.5 Å². The molecule has 0 saturated carbocycles. The SMILES string of the molecule is N#Cc1cccc(NC(=O)c2ccc(Nc3ccc(Cl)cc3Cl)nn2)c1. The van der Waals surface area contributed by atoms with Gasteiger partial charge in [0.05, 0.1) is 22.3 Å². The molecule has 0 aliphatic carbocycles. The molecular weight excluding hydrogens is 373 g/mol. The van der Waals surface area contributed by atoms with Gasteiger partial charge in [0, 0.05) is 10.7 Å². The molecule has 3 rings (SSSR count). The van der Waals surface area contributed by atoms with Crippen LogP contribution in [0.2, 0.25) is 10.0 Å². The fraction of sp³-hybridized carbons (Fsp3) is 0. The molecule has 0 unspecified atom stereocenters. The van der Waals surface area contributed by atoms with Crippen LogP contribution in [0.4, 0.5) is 17.2 Å². The summed E-state index contributed by atoms with van der Waals surface area (Å²) in [5.74, 6) is 0.000848. The maximum absolute atomic E-state index is 12.2. The quantitative estimate of drug-likeness (QED) is 0.683. The zero-order valence-electron chi connectivity index (χ0n) is 13.2. The summed E-state index contributed by atoms with van der Waals surface area (Å²) < 4.78 is 0. The minimum atomic E-state index is -0.427. The van der Waals surface area contributed by atoms with Crippen LogP contribution in [0.5, 0.6) is 0 Å². The summed E-state index contributed by atoms with van der Waals surface area (Å²) in [5.41, 5.74) is 1.72. The van der Waals surface area contributed by atoms with E-state index in [4.69, 9.17) is 28.5 Å². The molecule has 1 amide bonds. The number of rotatable bonds is 4. The van der Waals surface area contributed by atoms with Crippen LogP contribution in [0.15, 0.2) is 54.6 Å². The van der Waals surface area contributed by atoms with Crippen LogP contribution < -0.4 is 10.6 Å². The molecule has 0 aliphatic rings. The molecular formula is C18H11Cl2N5O. The molecule has 0 spiro atoms. The summed E-state index contributed by atoms with van der Waals surface area (Å²) in [6.45, 7) is 0. The minimum Gasteiger partial charge on any atom is -0.338 e. The highest BCUT2D eigenvalue weighted by Gasteiger charge is 2.10. The molecule has 0 atom stereocenters. The number of amides is 1. The van der Waals surface area contributed by atoms with Crippen molar-refractivity contribution in [3.8, 4) is 6.07 Å². The lowest BCUT2D eigenvalue weighted by Gasteiger charge is -2.08. The molecule has 6 nitrogen and oxygen atoms in total. The van der Waals surface area contributed by atoms with Crippen LogP contribution in [0.25, 0.3) is 0 Å². The first kappa shape index (κ1) is 17.7. The fourth-order valence-electron chi connectivity index (χ4n) is 2.11. The fourth-order valence-corrected chi connectivity index (χ4v) is 2.57. The Labute approximate surface area is 159 Å². The number of benzene rings is 2. The summed E-state index contributed by atoms with van der Waals surface area (Å²) >= 11 is 12.0. The Morgan fingerprint density at radius 1 is 1.04 bits per heavy atom. The molecule has 128 valence electrons. The second kappa shape index (κ2) is 7.83. The molecule has 0 radical (unpaired) electrons. The molecule has 2 aromatic carbocycles. The molecule has 8 heteroatoms. The smallest absolute Gasteiger partial charge is 0.276 e. The lowest BCUT2D eigenvalue weighted by molar-refractivity contribution is 0.102. The number of hydrogen-bond acceptors (Lipinski definition) is 5. The topological polar surface area (TPSA) is 90.7 Å². The van der Waals surface area contributed by atoms with Crippen LogP contribution in [0.1, 0.15) is 16.1 Å². The predicted molar refractivity (Wildman–Crippen MR) is 101 cm³/mol. The first-order chi connectivity index (χ1) is 12.5. The Hall–Kier alpha value is -3.14. The Balaban J connectivity index is 1.70. The molecule has 0 bridgehead atoms. The Morgan fingerprint density at radius 3 is 2.58 bits per heavy atom. The predicted octanol–water partition coefficient (Wildman–Crippen LogP) is 4.65. The van der Waals surface area contributed by atoms with E-state index in [9.17, 15) is 4.79 Å². The van der Waals surface area contributed by atoms with Gasteiger partial charge in [-0.25, -0.2) is 0 Å². The van der Waals surface area contributed by atoms with Crippen molar-refractivity contribution in [1.82, 2.24) is 10.2 Å². The van der Waals surface area contributed by atoms with Crippen molar-refractivity contribution in [2.45, 2.75) is 0 Å². The molecule has 1 heterocycles. The molecule has 0 saturated heterocycles. The van der Waals surface area contributed by atoms with Gasteiger partial charge < -0.3 is 10.6 Å². The normalized spacial score (nSPS) is 10.0. The van der Waals surface area contributed by atoms with Gasteiger partial charge in [0.1, 0.15) is 0 Å². The number of carbonyl (C=O) groups excluding carboxylic acids is 1. The average Bonchev–Trinajstić information content (AvgIpc) is 2.64. The Bertz CT molecular complexity index is 999. The van der Waals surface area contributed by atoms with Gasteiger partial charge in [-0.15, -0.1) is 10.2 Å². The van der Waals surface area contributed by atoms with Crippen LogP contribution in [0, 0.1) is 11.3 Å². The monoisotopic (exact) mass is 383 g/mol. The van der Waals surface area contributed by atoms with E-state index in [-0.39, 0.29) is 5.69 Å². The number of carbonyl (C=O) groups is 1. The van der Waals surface area contributed by atoms with Crippen molar-refractivity contribution in [1.29, 1.82) is 5.26 Å². The highest BCUT2D eigenvalue weighted by Crippen LogP contribution is 2.27. The zero-order valence-corrected chi connectivity index (χ0v) is 14.7. The maximum Gasteiger partial charge on any atom is 0.276 e. The van der Waals surface area contributed by atoms with Crippen LogP contribution in [0.3, 0.4) is 0 Å². The lowest BCUT2D eigenvalue weighted by Crippen LogP contribution is -2.14. The van der Waals surface area contributed by atoms with E-state index < -0.39 is 5.91 Å². The zero-order chi connectivity index (χ0) is 18.5. The van der Waals surface area contributed by atoms with Crippen LogP contribution in [-0.2, 0) is 0 Å². The number of aromatic nitrogens is 2. The largest absolute Gasteiger partial charge is 0.338 e. The third kappa shape index (κ3) is 4.28. The van der Waals surface area contributed by atoms with E-state index in [1.54, 1.807) is 48.5 Å². The number of halogens is 2. The van der Waals surface area contributed by atoms with Crippen molar-refractivity contribution in [2.24, 2.45) is 0 Å². The van der Waals surface area contributed by atoms with Gasteiger partial charge in [-0.2, -0.15) is 5.26 Å². The van der Waals surface area contributed by atoms with E-state index in [1.807, 2.05) is 6.07 Å². The second-order valence-electron chi connectivity index (χ2n) is 5.20. The summed E-state index contributed by atoms with van der Waals surface area (Å²) in [6.07, 6.45) is 0. The second-order valence-corrected chi connectivity index (χ2v) is 6.04. The van der Waals surface area contributed by atoms with Gasteiger partial charge >= 0.3 is 0 Å². The van der Waals surface area contributed by atoms with E-state index in [0.29, 0.717) is 32.8 Å². The minimum absolute atomic E-state index is 0.139. The third-order valence-electron chi connectivity index (χ3n) is 3.34. The van der Waals surface area contributed by atoms with Gasteiger partial charge in [0.25, 0.3) is 5.91 Å². The molecule has 1 aromatic heterocycles. The van der Waals surface area contributed by atoms with E-state index in [2.05, 4.69) is 20.8 Å². The summed E-state index contributed by atoms with van der Waals surface area (Å²) in [5, 5.41) is 23.4. The molecule has 0 fully saturated rings.